The van der Waals surface area contributed by atoms with Gasteiger partial charge in [-0.15, -0.1) is 0 Å². The highest BCUT2D eigenvalue weighted by Gasteiger charge is 2.38. The molecule has 4 atom stereocenters. The van der Waals surface area contributed by atoms with Gasteiger partial charge in [0, 0.05) is 35.7 Å². The number of fused-ring (bicyclic) bond motifs is 1. The van der Waals surface area contributed by atoms with Gasteiger partial charge in [0.05, 0.1) is 37.9 Å². The summed E-state index contributed by atoms with van der Waals surface area (Å²) in [7, 11) is 0. The lowest BCUT2D eigenvalue weighted by Gasteiger charge is -2.44. The second kappa shape index (κ2) is 11.6. The monoisotopic (exact) mass is 492 g/mol. The van der Waals surface area contributed by atoms with E-state index in [1.807, 2.05) is 48.5 Å². The first-order valence-electron chi connectivity index (χ1n) is 11.4. The molecule has 0 bridgehead atoms. The number of rotatable bonds is 6. The SMILES string of the molecule is O=C(C[C@H]1CC[C@@H]2[C@H](COC[C@H](O)CN2Cc2ccc(Cl)cc2)O1)NCc1ccccc1Cl. The van der Waals surface area contributed by atoms with Crippen LogP contribution in [0, 0.1) is 0 Å². The van der Waals surface area contributed by atoms with Crippen molar-refractivity contribution in [2.45, 2.75) is 56.7 Å². The summed E-state index contributed by atoms with van der Waals surface area (Å²) < 4.78 is 12.0. The van der Waals surface area contributed by atoms with E-state index >= 15 is 0 Å². The summed E-state index contributed by atoms with van der Waals surface area (Å²) in [6, 6.07) is 15.4. The van der Waals surface area contributed by atoms with Crippen molar-refractivity contribution in [1.82, 2.24) is 10.2 Å². The maximum atomic E-state index is 12.5. The van der Waals surface area contributed by atoms with Gasteiger partial charge in [-0.25, -0.2) is 0 Å². The Bertz CT molecular complexity index is 927. The molecule has 178 valence electrons. The van der Waals surface area contributed by atoms with Gasteiger partial charge in [0.1, 0.15) is 0 Å². The van der Waals surface area contributed by atoms with E-state index in [1.165, 1.54) is 0 Å². The first-order valence-corrected chi connectivity index (χ1v) is 12.1. The third-order valence-corrected chi connectivity index (χ3v) is 6.85. The first kappa shape index (κ1) is 24.5. The third kappa shape index (κ3) is 6.92. The summed E-state index contributed by atoms with van der Waals surface area (Å²) in [5.41, 5.74) is 2.02. The van der Waals surface area contributed by atoms with Crippen LogP contribution in [0.5, 0.6) is 0 Å². The zero-order chi connectivity index (χ0) is 23.2. The van der Waals surface area contributed by atoms with Gasteiger partial charge < -0.3 is 19.9 Å². The number of ether oxygens (including phenoxy) is 2. The van der Waals surface area contributed by atoms with Crippen LogP contribution >= 0.6 is 23.2 Å². The predicted molar refractivity (Wildman–Crippen MR) is 128 cm³/mol. The molecule has 0 aliphatic carbocycles. The van der Waals surface area contributed by atoms with E-state index in [-0.39, 0.29) is 30.8 Å². The largest absolute Gasteiger partial charge is 0.389 e. The van der Waals surface area contributed by atoms with Gasteiger partial charge in [-0.05, 0) is 42.2 Å². The summed E-state index contributed by atoms with van der Waals surface area (Å²) in [4.78, 5) is 14.8. The normalized spacial score (nSPS) is 26.2. The standard InChI is InChI=1S/C25H30Cl2N2O4/c26-19-7-5-17(6-8-19)13-29-14-20(30)15-32-16-24-23(29)10-9-21(33-24)11-25(31)28-12-18-3-1-2-4-22(18)27/h1-8,20-21,23-24,30H,9-16H2,(H,28,31)/t20-,21-,23-,24+/m1/s1. The Hall–Kier alpha value is -1.67. The van der Waals surface area contributed by atoms with Crippen molar-refractivity contribution in [2.75, 3.05) is 19.8 Å². The molecule has 6 nitrogen and oxygen atoms in total. The second-order valence-electron chi connectivity index (χ2n) is 8.76. The summed E-state index contributed by atoms with van der Waals surface area (Å²) in [6.45, 7) is 2.27. The molecule has 8 heteroatoms. The van der Waals surface area contributed by atoms with Crippen molar-refractivity contribution < 1.29 is 19.4 Å². The molecule has 2 aromatic carbocycles. The number of hydrogen-bond donors (Lipinski definition) is 2. The molecular formula is C25H30Cl2N2O4. The lowest BCUT2D eigenvalue weighted by Crippen LogP contribution is -2.55. The van der Waals surface area contributed by atoms with Crippen molar-refractivity contribution >= 4 is 29.1 Å². The number of hydrogen-bond acceptors (Lipinski definition) is 5. The molecule has 33 heavy (non-hydrogen) atoms. The molecule has 0 saturated carbocycles. The van der Waals surface area contributed by atoms with Crippen LogP contribution in [0.25, 0.3) is 0 Å². The van der Waals surface area contributed by atoms with E-state index < -0.39 is 6.10 Å². The average Bonchev–Trinajstić information content (AvgIpc) is 2.79. The maximum Gasteiger partial charge on any atom is 0.222 e. The summed E-state index contributed by atoms with van der Waals surface area (Å²) >= 11 is 12.2. The molecule has 2 aliphatic rings. The molecule has 0 spiro atoms. The summed E-state index contributed by atoms with van der Waals surface area (Å²) in [5.74, 6) is -0.0569. The molecule has 4 rings (SSSR count). The lowest BCUT2D eigenvalue weighted by molar-refractivity contribution is -0.158. The van der Waals surface area contributed by atoms with E-state index in [2.05, 4.69) is 10.2 Å². The Kier molecular flexibility index (Phi) is 8.63. The van der Waals surface area contributed by atoms with Gasteiger partial charge in [0.15, 0.2) is 0 Å². The van der Waals surface area contributed by atoms with E-state index in [4.69, 9.17) is 32.7 Å². The van der Waals surface area contributed by atoms with Gasteiger partial charge in [-0.3, -0.25) is 9.69 Å². The van der Waals surface area contributed by atoms with Gasteiger partial charge in [-0.1, -0.05) is 53.5 Å². The van der Waals surface area contributed by atoms with Crippen LogP contribution in [0.4, 0.5) is 0 Å². The Morgan fingerprint density at radius 3 is 2.67 bits per heavy atom. The molecule has 0 aromatic heterocycles. The molecule has 1 amide bonds. The minimum atomic E-state index is -0.549. The number of aliphatic hydroxyl groups is 1. The van der Waals surface area contributed by atoms with Crippen LogP contribution in [0.15, 0.2) is 48.5 Å². The van der Waals surface area contributed by atoms with Crippen LogP contribution in [-0.4, -0.2) is 60.0 Å². The fourth-order valence-electron chi connectivity index (χ4n) is 4.57. The summed E-state index contributed by atoms with van der Waals surface area (Å²) in [5, 5.41) is 14.6. The molecular weight excluding hydrogens is 463 g/mol. The number of halogens is 2. The van der Waals surface area contributed by atoms with E-state index in [9.17, 15) is 9.90 Å². The van der Waals surface area contributed by atoms with Gasteiger partial charge in [0.25, 0.3) is 0 Å². The van der Waals surface area contributed by atoms with Crippen LogP contribution < -0.4 is 5.32 Å². The van der Waals surface area contributed by atoms with Gasteiger partial charge >= 0.3 is 0 Å². The van der Waals surface area contributed by atoms with Crippen LogP contribution in [0.3, 0.4) is 0 Å². The van der Waals surface area contributed by atoms with Gasteiger partial charge in [-0.2, -0.15) is 0 Å². The number of carbonyl (C=O) groups is 1. The van der Waals surface area contributed by atoms with Gasteiger partial charge in [0.2, 0.25) is 5.91 Å². The Morgan fingerprint density at radius 2 is 1.88 bits per heavy atom. The minimum absolute atomic E-state index is 0.0569. The number of nitrogens with one attached hydrogen (secondary N) is 1. The topological polar surface area (TPSA) is 71.0 Å². The third-order valence-electron chi connectivity index (χ3n) is 6.23. The Balaban J connectivity index is 1.34. The molecule has 2 aliphatic heterocycles. The van der Waals surface area contributed by atoms with Crippen molar-refractivity contribution in [2.24, 2.45) is 0 Å². The molecule has 2 fully saturated rings. The molecule has 0 radical (unpaired) electrons. The smallest absolute Gasteiger partial charge is 0.222 e. The number of amides is 1. The second-order valence-corrected chi connectivity index (χ2v) is 9.60. The highest BCUT2D eigenvalue weighted by molar-refractivity contribution is 6.31. The zero-order valence-corrected chi connectivity index (χ0v) is 20.0. The van der Waals surface area contributed by atoms with Crippen molar-refractivity contribution in [3.63, 3.8) is 0 Å². The van der Waals surface area contributed by atoms with Crippen molar-refractivity contribution in [3.8, 4) is 0 Å². The van der Waals surface area contributed by atoms with E-state index in [0.717, 1.165) is 24.0 Å². The zero-order valence-electron chi connectivity index (χ0n) is 18.5. The highest BCUT2D eigenvalue weighted by atomic mass is 35.5. The lowest BCUT2D eigenvalue weighted by atomic mass is 9.94. The number of β-amino-alcohol motifs (C(OH)–C–C–N with tert-alkyl or cyclic N) is 1. The average molecular weight is 493 g/mol. The van der Waals surface area contributed by atoms with E-state index in [0.29, 0.717) is 42.7 Å². The number of carbonyl (C=O) groups excluding carboxylic acids is 1. The van der Waals surface area contributed by atoms with Crippen molar-refractivity contribution in [1.29, 1.82) is 0 Å². The molecule has 2 aromatic rings. The minimum Gasteiger partial charge on any atom is -0.389 e. The first-order chi connectivity index (χ1) is 16.0. The predicted octanol–water partition coefficient (Wildman–Crippen LogP) is 3.81. The summed E-state index contributed by atoms with van der Waals surface area (Å²) in [6.07, 6.45) is 1.08. The fourth-order valence-corrected chi connectivity index (χ4v) is 4.89. The number of nitrogens with zero attached hydrogens (tertiary/aromatic N) is 1. The van der Waals surface area contributed by atoms with Crippen LogP contribution in [0.1, 0.15) is 30.4 Å². The Labute approximate surface area is 204 Å². The highest BCUT2D eigenvalue weighted by Crippen LogP contribution is 2.29. The number of aliphatic hydroxyl groups excluding tert-OH is 1. The Morgan fingerprint density at radius 1 is 1.09 bits per heavy atom. The van der Waals surface area contributed by atoms with E-state index in [1.54, 1.807) is 0 Å². The molecule has 2 heterocycles. The van der Waals surface area contributed by atoms with Crippen molar-refractivity contribution in [3.05, 3.63) is 69.7 Å². The molecule has 2 saturated heterocycles. The molecule has 2 N–H and O–H groups in total. The molecule has 0 unspecified atom stereocenters. The fraction of sp³-hybridized carbons (Fsp3) is 0.480. The van der Waals surface area contributed by atoms with Crippen LogP contribution in [0.2, 0.25) is 10.0 Å². The maximum absolute atomic E-state index is 12.5. The van der Waals surface area contributed by atoms with Crippen LogP contribution in [-0.2, 0) is 27.4 Å². The number of benzene rings is 2. The quantitative estimate of drug-likeness (QED) is 0.641.